The molecule has 1 heterocycles. The molecule has 1 aromatic heterocycles. The lowest BCUT2D eigenvalue weighted by Crippen LogP contribution is -2.09. The predicted octanol–water partition coefficient (Wildman–Crippen LogP) is 2.55. The van der Waals surface area contributed by atoms with Crippen LogP contribution < -0.4 is 0 Å². The lowest BCUT2D eigenvalue weighted by atomic mass is 10.2. The minimum absolute atomic E-state index is 0.100. The average molecular weight is 179 g/mol. The molecule has 0 atom stereocenters. The molecule has 0 bridgehead atoms. The van der Waals surface area contributed by atoms with E-state index in [1.807, 2.05) is 0 Å². The second-order valence-electron chi connectivity index (χ2n) is 2.30. The molecular weight excluding hydrogens is 174 g/mol. The summed E-state index contributed by atoms with van der Waals surface area (Å²) in [6.45, 7) is 1.35. The zero-order valence-electron chi connectivity index (χ0n) is 6.11. The van der Waals surface area contributed by atoms with E-state index in [1.54, 1.807) is 0 Å². The van der Waals surface area contributed by atoms with Crippen LogP contribution >= 0.6 is 0 Å². The molecule has 12 heavy (non-hydrogen) atoms. The third-order valence-electron chi connectivity index (χ3n) is 1.33. The molecule has 0 unspecified atom stereocenters. The molecule has 1 aromatic rings. The van der Waals surface area contributed by atoms with Crippen molar-refractivity contribution in [3.63, 3.8) is 0 Å². The maximum atomic E-state index is 12.5. The van der Waals surface area contributed by atoms with E-state index in [1.165, 1.54) is 6.92 Å². The van der Waals surface area contributed by atoms with Gasteiger partial charge in [0, 0.05) is 5.56 Å². The zero-order chi connectivity index (χ0) is 9.35. The quantitative estimate of drug-likeness (QED) is 0.440. The Bertz CT molecular complexity index is 292. The van der Waals surface area contributed by atoms with Gasteiger partial charge in [-0.2, -0.15) is 17.6 Å². The minimum atomic E-state index is -4.57. The molecule has 0 spiro atoms. The molecule has 1 rings (SSSR count). The van der Waals surface area contributed by atoms with E-state index in [4.69, 9.17) is 0 Å². The molecule has 0 aromatic carbocycles. The van der Waals surface area contributed by atoms with Crippen LogP contribution in [0.25, 0.3) is 0 Å². The number of aromatic nitrogens is 1. The van der Waals surface area contributed by atoms with Crippen LogP contribution in [0.3, 0.4) is 0 Å². The largest absolute Gasteiger partial charge is 0.433 e. The molecule has 0 fully saturated rings. The Kier molecular flexibility index (Phi) is 2.04. The van der Waals surface area contributed by atoms with Gasteiger partial charge in [-0.3, -0.25) is 0 Å². The SMILES string of the molecule is Cc1ccc(C(F)(F)F)nc1F. The molecule has 5 heteroatoms. The van der Waals surface area contributed by atoms with E-state index in [9.17, 15) is 17.6 Å². The van der Waals surface area contributed by atoms with Gasteiger partial charge in [-0.05, 0) is 13.0 Å². The summed E-state index contributed by atoms with van der Waals surface area (Å²) in [5.74, 6) is -1.08. The molecular formula is C7H5F4N. The molecule has 0 aliphatic rings. The maximum absolute atomic E-state index is 12.5. The van der Waals surface area contributed by atoms with Crippen LogP contribution in [0, 0.1) is 12.9 Å². The first-order valence-electron chi connectivity index (χ1n) is 3.11. The number of pyridine rings is 1. The van der Waals surface area contributed by atoms with Crippen molar-refractivity contribution in [3.8, 4) is 0 Å². The van der Waals surface area contributed by atoms with Gasteiger partial charge in [0.1, 0.15) is 5.69 Å². The Morgan fingerprint density at radius 3 is 2.25 bits per heavy atom. The minimum Gasteiger partial charge on any atom is -0.215 e. The van der Waals surface area contributed by atoms with Gasteiger partial charge in [-0.1, -0.05) is 6.07 Å². The molecule has 0 aliphatic carbocycles. The smallest absolute Gasteiger partial charge is 0.215 e. The van der Waals surface area contributed by atoms with Crippen molar-refractivity contribution < 1.29 is 17.6 Å². The van der Waals surface area contributed by atoms with Gasteiger partial charge < -0.3 is 0 Å². The number of hydrogen-bond donors (Lipinski definition) is 0. The summed E-state index contributed by atoms with van der Waals surface area (Å²) in [4.78, 5) is 2.75. The van der Waals surface area contributed by atoms with Crippen molar-refractivity contribution >= 4 is 0 Å². The fraction of sp³-hybridized carbons (Fsp3) is 0.286. The summed E-state index contributed by atoms with van der Waals surface area (Å²) in [5, 5.41) is 0. The third kappa shape index (κ3) is 1.72. The van der Waals surface area contributed by atoms with Crippen LogP contribution in [0.1, 0.15) is 11.3 Å². The monoisotopic (exact) mass is 179 g/mol. The highest BCUT2D eigenvalue weighted by atomic mass is 19.4. The summed E-state index contributed by atoms with van der Waals surface area (Å²) in [7, 11) is 0. The van der Waals surface area contributed by atoms with Gasteiger partial charge in [0.2, 0.25) is 5.95 Å². The van der Waals surface area contributed by atoms with Crippen molar-refractivity contribution in [3.05, 3.63) is 29.3 Å². The van der Waals surface area contributed by atoms with Crippen LogP contribution in [-0.2, 0) is 6.18 Å². The Labute approximate surface area is 66.0 Å². The number of rotatable bonds is 0. The predicted molar refractivity (Wildman–Crippen MR) is 33.9 cm³/mol. The molecule has 1 nitrogen and oxygen atoms in total. The van der Waals surface area contributed by atoms with Crippen LogP contribution in [0.2, 0.25) is 0 Å². The number of nitrogens with zero attached hydrogens (tertiary/aromatic N) is 1. The van der Waals surface area contributed by atoms with Crippen molar-refractivity contribution in [2.24, 2.45) is 0 Å². The molecule has 0 saturated heterocycles. The van der Waals surface area contributed by atoms with Gasteiger partial charge in [0.15, 0.2) is 0 Å². The molecule has 0 aliphatic heterocycles. The second-order valence-corrected chi connectivity index (χ2v) is 2.30. The lowest BCUT2D eigenvalue weighted by Gasteiger charge is -2.05. The molecule has 66 valence electrons. The van der Waals surface area contributed by atoms with Crippen LogP contribution in [-0.4, -0.2) is 4.98 Å². The second kappa shape index (κ2) is 2.73. The first kappa shape index (κ1) is 8.96. The van der Waals surface area contributed by atoms with E-state index in [2.05, 4.69) is 4.98 Å². The van der Waals surface area contributed by atoms with E-state index in [0.717, 1.165) is 12.1 Å². The zero-order valence-corrected chi connectivity index (χ0v) is 6.11. The van der Waals surface area contributed by atoms with Gasteiger partial charge >= 0.3 is 6.18 Å². The summed E-state index contributed by atoms with van der Waals surface area (Å²) in [5.41, 5.74) is -1.10. The number of halogens is 4. The molecule has 0 N–H and O–H groups in total. The van der Waals surface area contributed by atoms with Crippen molar-refractivity contribution in [2.75, 3.05) is 0 Å². The van der Waals surface area contributed by atoms with Gasteiger partial charge in [0.25, 0.3) is 0 Å². The average Bonchev–Trinajstić information content (AvgIpc) is 1.92. The maximum Gasteiger partial charge on any atom is 0.433 e. The highest BCUT2D eigenvalue weighted by Gasteiger charge is 2.32. The van der Waals surface area contributed by atoms with Crippen LogP contribution in [0.4, 0.5) is 17.6 Å². The lowest BCUT2D eigenvalue weighted by molar-refractivity contribution is -0.141. The fourth-order valence-electron chi connectivity index (χ4n) is 0.662. The number of alkyl halides is 3. The molecule has 0 saturated carbocycles. The summed E-state index contributed by atoms with van der Waals surface area (Å²) >= 11 is 0. The number of hydrogen-bond acceptors (Lipinski definition) is 1. The summed E-state index contributed by atoms with van der Waals surface area (Å²) in [6, 6.07) is 1.80. The van der Waals surface area contributed by atoms with Crippen molar-refractivity contribution in [1.29, 1.82) is 0 Å². The first-order chi connectivity index (χ1) is 5.41. The highest BCUT2D eigenvalue weighted by molar-refractivity contribution is 5.15. The van der Waals surface area contributed by atoms with Gasteiger partial charge in [-0.15, -0.1) is 0 Å². The van der Waals surface area contributed by atoms with Crippen LogP contribution in [0.15, 0.2) is 12.1 Å². The highest BCUT2D eigenvalue weighted by Crippen LogP contribution is 2.27. The Balaban J connectivity index is 3.14. The summed E-state index contributed by atoms with van der Waals surface area (Å²) in [6.07, 6.45) is -4.57. The Hall–Kier alpha value is -1.13. The molecule has 0 amide bonds. The number of aryl methyl sites for hydroxylation is 1. The van der Waals surface area contributed by atoms with Crippen molar-refractivity contribution in [2.45, 2.75) is 13.1 Å². The Morgan fingerprint density at radius 2 is 1.83 bits per heavy atom. The van der Waals surface area contributed by atoms with Crippen molar-refractivity contribution in [1.82, 2.24) is 4.98 Å². The topological polar surface area (TPSA) is 12.9 Å². The van der Waals surface area contributed by atoms with Crippen LogP contribution in [0.5, 0.6) is 0 Å². The Morgan fingerprint density at radius 1 is 1.25 bits per heavy atom. The van der Waals surface area contributed by atoms with Gasteiger partial charge in [-0.25, -0.2) is 4.98 Å². The van der Waals surface area contributed by atoms with E-state index < -0.39 is 17.8 Å². The molecule has 0 radical (unpaired) electrons. The first-order valence-corrected chi connectivity index (χ1v) is 3.11. The third-order valence-corrected chi connectivity index (χ3v) is 1.33. The van der Waals surface area contributed by atoms with E-state index in [0.29, 0.717) is 0 Å². The standard InChI is InChI=1S/C7H5F4N/c1-4-2-3-5(7(9,10)11)12-6(4)8/h2-3H,1H3. The summed E-state index contributed by atoms with van der Waals surface area (Å²) < 4.78 is 48.1. The van der Waals surface area contributed by atoms with E-state index in [-0.39, 0.29) is 5.56 Å². The normalized spacial score (nSPS) is 11.8. The fourth-order valence-corrected chi connectivity index (χ4v) is 0.662. The van der Waals surface area contributed by atoms with Gasteiger partial charge in [0.05, 0.1) is 0 Å². The van der Waals surface area contributed by atoms with E-state index >= 15 is 0 Å².